The normalized spacial score (nSPS) is 12.4. The summed E-state index contributed by atoms with van der Waals surface area (Å²) in [5, 5.41) is -0.742. The van der Waals surface area contributed by atoms with Crippen LogP contribution in [0.3, 0.4) is 0 Å². The number of hydrogen-bond donors (Lipinski definition) is 0. The van der Waals surface area contributed by atoms with E-state index in [1.165, 1.54) is 11.1 Å². The van der Waals surface area contributed by atoms with Gasteiger partial charge in [0.25, 0.3) is 0 Å². The van der Waals surface area contributed by atoms with Crippen molar-refractivity contribution in [1.82, 2.24) is 0 Å². The third kappa shape index (κ3) is 6.93. The minimum absolute atomic E-state index is 0.202. The average Bonchev–Trinajstić information content (AvgIpc) is 2.96. The second kappa shape index (κ2) is 12.0. The van der Waals surface area contributed by atoms with E-state index in [0.29, 0.717) is 4.90 Å². The third-order valence-corrected chi connectivity index (χ3v) is 9.32. The molecule has 4 rings (SSSR count). The highest BCUT2D eigenvalue weighted by molar-refractivity contribution is 7.91. The summed E-state index contributed by atoms with van der Waals surface area (Å²) in [6, 6.07) is 34.6. The summed E-state index contributed by atoms with van der Waals surface area (Å²) < 4.78 is 27.0. The van der Waals surface area contributed by atoms with Gasteiger partial charge < -0.3 is 0 Å². The van der Waals surface area contributed by atoms with Crippen molar-refractivity contribution in [2.75, 3.05) is 0 Å². The van der Waals surface area contributed by atoms with Crippen LogP contribution in [0.4, 0.5) is 0 Å². The number of hydrogen-bond acceptors (Lipinski definition) is 2. The van der Waals surface area contributed by atoms with Crippen molar-refractivity contribution < 1.29 is 8.42 Å². The molecular weight excluding hydrogens is 508 g/mol. The molecule has 0 aliphatic carbocycles. The van der Waals surface area contributed by atoms with E-state index in [0.717, 1.165) is 16.7 Å². The SMILES string of the molecule is Cc1ccc(C(C)(C)C#CC(C)(C)c2ccc(C#CCC(c3ccccc3)S(=O)(=O)c3ccccc3)cc2)cc1. The molecule has 0 aromatic heterocycles. The second-order valence-corrected chi connectivity index (χ2v) is 13.3. The summed E-state index contributed by atoms with van der Waals surface area (Å²) in [6.07, 6.45) is 0.202. The van der Waals surface area contributed by atoms with Crippen LogP contribution in [0.2, 0.25) is 0 Å². The Kier molecular flexibility index (Phi) is 8.68. The maximum absolute atomic E-state index is 13.5. The van der Waals surface area contributed by atoms with E-state index in [1.54, 1.807) is 24.3 Å². The van der Waals surface area contributed by atoms with Crippen molar-refractivity contribution in [1.29, 1.82) is 0 Å². The molecule has 4 aromatic carbocycles. The molecule has 0 aliphatic rings. The highest BCUT2D eigenvalue weighted by atomic mass is 32.2. The Hall–Kier alpha value is -4.05. The van der Waals surface area contributed by atoms with Crippen LogP contribution in [0.15, 0.2) is 114 Å². The van der Waals surface area contributed by atoms with Crippen LogP contribution < -0.4 is 0 Å². The standard InChI is InChI=1S/C37H36O2S/c1-29-19-23-32(24-20-29)36(2,3)27-28-37(4,5)33-25-21-30(22-26-33)13-12-18-35(31-14-8-6-9-15-31)40(38,39)34-16-10-7-11-17-34/h6-11,14-17,19-26,35H,18H2,1-5H3. The molecular formula is C37H36O2S. The topological polar surface area (TPSA) is 34.1 Å². The van der Waals surface area contributed by atoms with Gasteiger partial charge in [-0.15, -0.1) is 0 Å². The van der Waals surface area contributed by atoms with Gasteiger partial charge in [-0.3, -0.25) is 0 Å². The first-order valence-electron chi connectivity index (χ1n) is 13.5. The van der Waals surface area contributed by atoms with Crippen molar-refractivity contribution in [3.8, 4) is 23.7 Å². The molecule has 0 amide bonds. The van der Waals surface area contributed by atoms with E-state index in [-0.39, 0.29) is 17.3 Å². The fraction of sp³-hybridized carbons (Fsp3) is 0.243. The molecule has 0 heterocycles. The summed E-state index contributed by atoms with van der Waals surface area (Å²) >= 11 is 0. The minimum Gasteiger partial charge on any atom is -0.223 e. The van der Waals surface area contributed by atoms with E-state index in [9.17, 15) is 8.42 Å². The monoisotopic (exact) mass is 544 g/mol. The van der Waals surface area contributed by atoms with Crippen LogP contribution >= 0.6 is 0 Å². The lowest BCUT2D eigenvalue weighted by atomic mass is 9.80. The first kappa shape index (κ1) is 28.9. The minimum atomic E-state index is -3.59. The van der Waals surface area contributed by atoms with Crippen molar-refractivity contribution in [3.63, 3.8) is 0 Å². The molecule has 4 aromatic rings. The first-order valence-corrected chi connectivity index (χ1v) is 15.1. The lowest BCUT2D eigenvalue weighted by Gasteiger charge is -2.22. The molecule has 0 N–H and O–H groups in total. The summed E-state index contributed by atoms with van der Waals surface area (Å²) in [7, 11) is -3.59. The molecule has 2 nitrogen and oxygen atoms in total. The number of sulfone groups is 1. The van der Waals surface area contributed by atoms with Gasteiger partial charge in [0.1, 0.15) is 5.25 Å². The Morgan fingerprint density at radius 3 is 1.65 bits per heavy atom. The molecule has 0 radical (unpaired) electrons. The van der Waals surface area contributed by atoms with Crippen LogP contribution in [0.25, 0.3) is 0 Å². The van der Waals surface area contributed by atoms with Crippen molar-refractivity contribution in [2.24, 2.45) is 0 Å². The highest BCUT2D eigenvalue weighted by Crippen LogP contribution is 2.31. The van der Waals surface area contributed by atoms with Crippen LogP contribution in [-0.4, -0.2) is 8.42 Å². The summed E-state index contributed by atoms with van der Waals surface area (Å²) in [5.74, 6) is 13.3. The van der Waals surface area contributed by atoms with Gasteiger partial charge in [0.2, 0.25) is 0 Å². The fourth-order valence-corrected chi connectivity index (χ4v) is 6.18. The van der Waals surface area contributed by atoms with Crippen molar-refractivity contribution in [2.45, 2.75) is 62.0 Å². The number of rotatable bonds is 6. The van der Waals surface area contributed by atoms with Gasteiger partial charge in [-0.05, 0) is 75.6 Å². The van der Waals surface area contributed by atoms with E-state index >= 15 is 0 Å². The quantitative estimate of drug-likeness (QED) is 0.229. The maximum Gasteiger partial charge on any atom is 0.186 e. The van der Waals surface area contributed by atoms with Crippen LogP contribution in [0.1, 0.15) is 67.2 Å². The molecule has 3 heteroatoms. The average molecular weight is 545 g/mol. The van der Waals surface area contributed by atoms with Gasteiger partial charge in [-0.1, -0.05) is 114 Å². The smallest absolute Gasteiger partial charge is 0.186 e. The number of aryl methyl sites for hydroxylation is 1. The van der Waals surface area contributed by atoms with Crippen LogP contribution in [-0.2, 0) is 20.7 Å². The zero-order chi connectivity index (χ0) is 28.8. The molecule has 0 bridgehead atoms. The van der Waals surface area contributed by atoms with E-state index in [2.05, 4.69) is 94.7 Å². The third-order valence-electron chi connectivity index (χ3n) is 7.21. The Morgan fingerprint density at radius 1 is 0.650 bits per heavy atom. The van der Waals surface area contributed by atoms with E-state index in [1.807, 2.05) is 48.5 Å². The summed E-state index contributed by atoms with van der Waals surface area (Å²) in [5.41, 5.74) is 4.54. The second-order valence-electron chi connectivity index (χ2n) is 11.2. The Morgan fingerprint density at radius 2 is 1.12 bits per heavy atom. The molecule has 0 fully saturated rings. The van der Waals surface area contributed by atoms with Gasteiger partial charge in [0, 0.05) is 12.0 Å². The molecule has 1 unspecified atom stereocenters. The van der Waals surface area contributed by atoms with Gasteiger partial charge >= 0.3 is 0 Å². The fourth-order valence-electron chi connectivity index (χ4n) is 4.49. The highest BCUT2D eigenvalue weighted by Gasteiger charge is 2.28. The van der Waals surface area contributed by atoms with Gasteiger partial charge in [-0.25, -0.2) is 8.42 Å². The Labute approximate surface area is 240 Å². The van der Waals surface area contributed by atoms with Crippen LogP contribution in [0.5, 0.6) is 0 Å². The summed E-state index contributed by atoms with van der Waals surface area (Å²) in [6.45, 7) is 10.7. The molecule has 40 heavy (non-hydrogen) atoms. The lowest BCUT2D eigenvalue weighted by molar-refractivity contribution is 0.583. The van der Waals surface area contributed by atoms with Crippen molar-refractivity contribution >= 4 is 9.84 Å². The summed E-state index contributed by atoms with van der Waals surface area (Å²) in [4.78, 5) is 0.309. The molecule has 0 saturated heterocycles. The predicted molar refractivity (Wildman–Crippen MR) is 166 cm³/mol. The molecule has 0 saturated carbocycles. The molecule has 202 valence electrons. The Bertz CT molecular complexity index is 1660. The largest absolute Gasteiger partial charge is 0.223 e. The Balaban J connectivity index is 1.53. The van der Waals surface area contributed by atoms with Gasteiger partial charge in [-0.2, -0.15) is 0 Å². The zero-order valence-corrected chi connectivity index (χ0v) is 24.7. The molecule has 0 aliphatic heterocycles. The molecule has 0 spiro atoms. The lowest BCUT2D eigenvalue weighted by Crippen LogP contribution is -2.19. The predicted octanol–water partition coefficient (Wildman–Crippen LogP) is 8.21. The van der Waals surface area contributed by atoms with Gasteiger partial charge in [0.15, 0.2) is 9.84 Å². The van der Waals surface area contributed by atoms with E-state index < -0.39 is 15.1 Å². The molecule has 1 atom stereocenters. The number of benzene rings is 4. The maximum atomic E-state index is 13.5. The van der Waals surface area contributed by atoms with Crippen LogP contribution in [0, 0.1) is 30.6 Å². The van der Waals surface area contributed by atoms with Gasteiger partial charge in [0.05, 0.1) is 15.7 Å². The zero-order valence-electron chi connectivity index (χ0n) is 23.9. The first-order chi connectivity index (χ1) is 19.0. The van der Waals surface area contributed by atoms with E-state index in [4.69, 9.17) is 0 Å². The van der Waals surface area contributed by atoms with Crippen molar-refractivity contribution in [3.05, 3.63) is 137 Å².